The lowest BCUT2D eigenvalue weighted by Gasteiger charge is -2.22. The molecule has 2 rings (SSSR count). The number of hydrogen-bond donors (Lipinski definition) is 1. The molecule has 1 saturated carbocycles. The second kappa shape index (κ2) is 4.84. The fraction of sp³-hybridized carbons (Fsp3) is 0.545. The molecule has 0 aromatic carbocycles. The molecular formula is C11H14BrNO2. The lowest BCUT2D eigenvalue weighted by Crippen LogP contribution is -2.36. The van der Waals surface area contributed by atoms with E-state index in [1.807, 2.05) is 0 Å². The molecule has 1 aliphatic carbocycles. The van der Waals surface area contributed by atoms with Crippen molar-refractivity contribution in [3.8, 4) is 0 Å². The Morgan fingerprint density at radius 2 is 2.13 bits per heavy atom. The maximum Gasteiger partial charge on any atom is 0.255 e. The van der Waals surface area contributed by atoms with Crippen molar-refractivity contribution in [2.24, 2.45) is 0 Å². The van der Waals surface area contributed by atoms with Gasteiger partial charge in [-0.25, -0.2) is 0 Å². The van der Waals surface area contributed by atoms with Gasteiger partial charge in [-0.05, 0) is 34.8 Å². The average Bonchev–Trinajstić information content (AvgIpc) is 2.66. The molecule has 0 bridgehead atoms. The summed E-state index contributed by atoms with van der Waals surface area (Å²) in [5, 5.41) is 3.03. The maximum atomic E-state index is 11.8. The Bertz CT molecular complexity index is 342. The van der Waals surface area contributed by atoms with Crippen LogP contribution in [-0.2, 0) is 0 Å². The number of amides is 1. The van der Waals surface area contributed by atoms with Gasteiger partial charge in [-0.15, -0.1) is 0 Å². The molecule has 0 unspecified atom stereocenters. The Kier molecular flexibility index (Phi) is 3.46. The van der Waals surface area contributed by atoms with Crippen LogP contribution in [0.3, 0.4) is 0 Å². The van der Waals surface area contributed by atoms with E-state index in [9.17, 15) is 4.79 Å². The zero-order chi connectivity index (χ0) is 10.7. The summed E-state index contributed by atoms with van der Waals surface area (Å²) in [7, 11) is 0. The lowest BCUT2D eigenvalue weighted by atomic mass is 9.95. The van der Waals surface area contributed by atoms with Gasteiger partial charge in [0, 0.05) is 6.04 Å². The van der Waals surface area contributed by atoms with Crippen molar-refractivity contribution in [3.05, 3.63) is 22.6 Å². The van der Waals surface area contributed by atoms with E-state index in [1.54, 1.807) is 6.07 Å². The van der Waals surface area contributed by atoms with Crippen LogP contribution in [0.4, 0.5) is 0 Å². The van der Waals surface area contributed by atoms with E-state index in [-0.39, 0.29) is 5.91 Å². The van der Waals surface area contributed by atoms with E-state index >= 15 is 0 Å². The van der Waals surface area contributed by atoms with Crippen molar-refractivity contribution in [2.45, 2.75) is 38.1 Å². The topological polar surface area (TPSA) is 42.2 Å². The molecule has 0 atom stereocenters. The standard InChI is InChI=1S/C11H14BrNO2/c12-10-9(6-7-15-10)11(14)13-8-4-2-1-3-5-8/h6-8H,1-5H2,(H,13,14). The monoisotopic (exact) mass is 271 g/mol. The highest BCUT2D eigenvalue weighted by molar-refractivity contribution is 9.10. The Labute approximate surface area is 97.4 Å². The fourth-order valence-electron chi connectivity index (χ4n) is 1.97. The first-order chi connectivity index (χ1) is 7.27. The van der Waals surface area contributed by atoms with Crippen molar-refractivity contribution in [1.82, 2.24) is 5.32 Å². The van der Waals surface area contributed by atoms with E-state index in [0.29, 0.717) is 16.3 Å². The van der Waals surface area contributed by atoms with Gasteiger partial charge in [0.2, 0.25) is 0 Å². The summed E-state index contributed by atoms with van der Waals surface area (Å²) in [5.74, 6) is -0.0393. The van der Waals surface area contributed by atoms with Gasteiger partial charge in [0.05, 0.1) is 11.8 Å². The predicted molar refractivity (Wildman–Crippen MR) is 60.7 cm³/mol. The minimum atomic E-state index is -0.0393. The molecule has 0 spiro atoms. The van der Waals surface area contributed by atoms with Gasteiger partial charge >= 0.3 is 0 Å². The molecule has 15 heavy (non-hydrogen) atoms. The number of rotatable bonds is 2. The van der Waals surface area contributed by atoms with Gasteiger partial charge in [0.15, 0.2) is 4.67 Å². The van der Waals surface area contributed by atoms with Crippen molar-refractivity contribution < 1.29 is 9.21 Å². The summed E-state index contributed by atoms with van der Waals surface area (Å²) in [6, 6.07) is 2.02. The highest BCUT2D eigenvalue weighted by atomic mass is 79.9. The third-order valence-corrected chi connectivity index (χ3v) is 3.42. The summed E-state index contributed by atoms with van der Waals surface area (Å²) in [6.45, 7) is 0. The van der Waals surface area contributed by atoms with E-state index in [0.717, 1.165) is 12.8 Å². The van der Waals surface area contributed by atoms with Crippen molar-refractivity contribution in [3.63, 3.8) is 0 Å². The van der Waals surface area contributed by atoms with Gasteiger partial charge in [0.1, 0.15) is 0 Å². The first kappa shape index (κ1) is 10.7. The number of halogens is 1. The van der Waals surface area contributed by atoms with Crippen LogP contribution in [0, 0.1) is 0 Å². The molecule has 1 fully saturated rings. The Hall–Kier alpha value is -0.770. The largest absolute Gasteiger partial charge is 0.457 e. The van der Waals surface area contributed by atoms with Crippen LogP contribution in [0.2, 0.25) is 0 Å². The molecule has 1 aliphatic rings. The second-order valence-corrected chi connectivity index (χ2v) is 4.64. The number of carbonyl (C=O) groups is 1. The Morgan fingerprint density at radius 3 is 2.73 bits per heavy atom. The van der Waals surface area contributed by atoms with Crippen LogP contribution in [-0.4, -0.2) is 11.9 Å². The van der Waals surface area contributed by atoms with E-state index in [2.05, 4.69) is 21.2 Å². The second-order valence-electron chi connectivity index (χ2n) is 3.92. The Morgan fingerprint density at radius 1 is 1.40 bits per heavy atom. The first-order valence-corrected chi connectivity index (χ1v) is 6.10. The van der Waals surface area contributed by atoms with Crippen LogP contribution in [0.5, 0.6) is 0 Å². The van der Waals surface area contributed by atoms with Crippen molar-refractivity contribution in [1.29, 1.82) is 0 Å². The summed E-state index contributed by atoms with van der Waals surface area (Å²) in [6.07, 6.45) is 7.44. The van der Waals surface area contributed by atoms with Gasteiger partial charge < -0.3 is 9.73 Å². The molecule has 4 heteroatoms. The number of carbonyl (C=O) groups excluding carboxylic acids is 1. The van der Waals surface area contributed by atoms with Crippen molar-refractivity contribution >= 4 is 21.8 Å². The van der Waals surface area contributed by atoms with Crippen LogP contribution in [0.1, 0.15) is 42.5 Å². The van der Waals surface area contributed by atoms with Crippen molar-refractivity contribution in [2.75, 3.05) is 0 Å². The van der Waals surface area contributed by atoms with Crippen LogP contribution in [0.25, 0.3) is 0 Å². The highest BCUT2D eigenvalue weighted by Crippen LogP contribution is 2.20. The third kappa shape index (κ3) is 2.62. The molecule has 82 valence electrons. The molecule has 0 radical (unpaired) electrons. The quantitative estimate of drug-likeness (QED) is 0.898. The smallest absolute Gasteiger partial charge is 0.255 e. The molecule has 1 N–H and O–H groups in total. The van der Waals surface area contributed by atoms with E-state index < -0.39 is 0 Å². The van der Waals surface area contributed by atoms with Gasteiger partial charge in [-0.1, -0.05) is 19.3 Å². The molecule has 0 saturated heterocycles. The zero-order valence-electron chi connectivity index (χ0n) is 8.46. The third-order valence-electron chi connectivity index (χ3n) is 2.80. The van der Waals surface area contributed by atoms with E-state index in [4.69, 9.17) is 4.42 Å². The predicted octanol–water partition coefficient (Wildman–Crippen LogP) is 3.10. The summed E-state index contributed by atoms with van der Waals surface area (Å²) >= 11 is 3.20. The number of furan rings is 1. The van der Waals surface area contributed by atoms with Crippen LogP contribution < -0.4 is 5.32 Å². The SMILES string of the molecule is O=C(NC1CCCCC1)c1ccoc1Br. The summed E-state index contributed by atoms with van der Waals surface area (Å²) in [4.78, 5) is 11.8. The highest BCUT2D eigenvalue weighted by Gasteiger charge is 2.18. The minimum Gasteiger partial charge on any atom is -0.457 e. The molecule has 1 aromatic heterocycles. The summed E-state index contributed by atoms with van der Waals surface area (Å²) in [5.41, 5.74) is 0.584. The van der Waals surface area contributed by atoms with Crippen LogP contribution >= 0.6 is 15.9 Å². The molecular weight excluding hydrogens is 258 g/mol. The van der Waals surface area contributed by atoms with Gasteiger partial charge in [-0.3, -0.25) is 4.79 Å². The van der Waals surface area contributed by atoms with Gasteiger partial charge in [0.25, 0.3) is 5.91 Å². The maximum absolute atomic E-state index is 11.8. The summed E-state index contributed by atoms with van der Waals surface area (Å²) < 4.78 is 5.54. The minimum absolute atomic E-state index is 0.0393. The van der Waals surface area contributed by atoms with Gasteiger partial charge in [-0.2, -0.15) is 0 Å². The molecule has 3 nitrogen and oxygen atoms in total. The van der Waals surface area contributed by atoms with E-state index in [1.165, 1.54) is 25.5 Å². The lowest BCUT2D eigenvalue weighted by molar-refractivity contribution is 0.0926. The molecule has 1 aromatic rings. The first-order valence-electron chi connectivity index (χ1n) is 5.31. The number of hydrogen-bond acceptors (Lipinski definition) is 2. The fourth-order valence-corrected chi connectivity index (χ4v) is 2.39. The molecule has 1 amide bonds. The number of nitrogens with one attached hydrogen (secondary N) is 1. The van der Waals surface area contributed by atoms with Crippen LogP contribution in [0.15, 0.2) is 21.4 Å². The molecule has 0 aliphatic heterocycles. The Balaban J connectivity index is 1.94. The zero-order valence-corrected chi connectivity index (χ0v) is 10.0. The molecule has 1 heterocycles. The normalized spacial score (nSPS) is 17.7. The average molecular weight is 272 g/mol.